The smallest absolute Gasteiger partial charge is 0.347 e. The minimum absolute atomic E-state index is 0.00291. The zero-order valence-corrected chi connectivity index (χ0v) is 10.6. The standard InChI is InChI=1S/C14H11N3O3/c1-17-7-10(13(18)19)12(16-14(17)20)9-6-15-11-5-3-2-4-8(9)11/h2-7,15H,1H3,(H,18,19). The first-order valence-corrected chi connectivity index (χ1v) is 5.95. The van der Waals surface area contributed by atoms with Crippen molar-refractivity contribution in [1.82, 2.24) is 14.5 Å². The molecule has 3 aromatic rings. The highest BCUT2D eigenvalue weighted by molar-refractivity contribution is 6.01. The Morgan fingerprint density at radius 3 is 2.85 bits per heavy atom. The molecule has 6 nitrogen and oxygen atoms in total. The predicted octanol–water partition coefficient (Wildman–Crippen LogP) is 1.63. The van der Waals surface area contributed by atoms with Crippen molar-refractivity contribution in [1.29, 1.82) is 0 Å². The van der Waals surface area contributed by atoms with Crippen LogP contribution in [0.2, 0.25) is 0 Å². The van der Waals surface area contributed by atoms with Crippen molar-refractivity contribution in [3.8, 4) is 11.3 Å². The van der Waals surface area contributed by atoms with Gasteiger partial charge in [-0.1, -0.05) is 18.2 Å². The lowest BCUT2D eigenvalue weighted by molar-refractivity contribution is 0.0696. The number of rotatable bonds is 2. The van der Waals surface area contributed by atoms with Crippen molar-refractivity contribution < 1.29 is 9.90 Å². The number of nitrogens with zero attached hydrogens (tertiary/aromatic N) is 2. The summed E-state index contributed by atoms with van der Waals surface area (Å²) in [6, 6.07) is 7.45. The lowest BCUT2D eigenvalue weighted by Crippen LogP contribution is -2.22. The van der Waals surface area contributed by atoms with E-state index in [2.05, 4.69) is 9.97 Å². The Morgan fingerprint density at radius 2 is 2.10 bits per heavy atom. The molecule has 0 fully saturated rings. The Kier molecular flexibility index (Phi) is 2.64. The maximum absolute atomic E-state index is 11.7. The minimum Gasteiger partial charge on any atom is -0.478 e. The van der Waals surface area contributed by atoms with Crippen molar-refractivity contribution in [3.05, 3.63) is 52.7 Å². The van der Waals surface area contributed by atoms with Crippen molar-refractivity contribution in [3.63, 3.8) is 0 Å². The number of benzene rings is 1. The number of hydrogen-bond acceptors (Lipinski definition) is 3. The van der Waals surface area contributed by atoms with Crippen LogP contribution in [0, 0.1) is 0 Å². The molecule has 3 rings (SSSR count). The van der Waals surface area contributed by atoms with Crippen LogP contribution in [0.1, 0.15) is 10.4 Å². The highest BCUT2D eigenvalue weighted by atomic mass is 16.4. The van der Waals surface area contributed by atoms with E-state index in [1.54, 1.807) is 6.20 Å². The summed E-state index contributed by atoms with van der Waals surface area (Å²) < 4.78 is 1.15. The average molecular weight is 269 g/mol. The molecular formula is C14H11N3O3. The van der Waals surface area contributed by atoms with E-state index in [0.29, 0.717) is 5.56 Å². The van der Waals surface area contributed by atoms with Gasteiger partial charge in [-0.2, -0.15) is 4.98 Å². The third kappa shape index (κ3) is 1.78. The van der Waals surface area contributed by atoms with Gasteiger partial charge in [-0.05, 0) is 6.07 Å². The summed E-state index contributed by atoms with van der Waals surface area (Å²) in [6.45, 7) is 0. The Labute approximate surface area is 113 Å². The van der Waals surface area contributed by atoms with E-state index in [4.69, 9.17) is 0 Å². The van der Waals surface area contributed by atoms with Gasteiger partial charge in [0.15, 0.2) is 0 Å². The van der Waals surface area contributed by atoms with E-state index in [0.717, 1.165) is 15.5 Å². The van der Waals surface area contributed by atoms with Gasteiger partial charge in [-0.3, -0.25) is 0 Å². The zero-order chi connectivity index (χ0) is 14.3. The number of aryl methyl sites for hydroxylation is 1. The van der Waals surface area contributed by atoms with Gasteiger partial charge in [0.1, 0.15) is 5.56 Å². The molecule has 0 atom stereocenters. The minimum atomic E-state index is -1.12. The first-order chi connectivity index (χ1) is 9.58. The number of hydrogen-bond donors (Lipinski definition) is 2. The highest BCUT2D eigenvalue weighted by Crippen LogP contribution is 2.28. The molecule has 0 aliphatic heterocycles. The Hall–Kier alpha value is -2.89. The summed E-state index contributed by atoms with van der Waals surface area (Å²) in [6.07, 6.45) is 2.95. The molecule has 20 heavy (non-hydrogen) atoms. The van der Waals surface area contributed by atoms with Crippen LogP contribution in [0.5, 0.6) is 0 Å². The zero-order valence-electron chi connectivity index (χ0n) is 10.6. The largest absolute Gasteiger partial charge is 0.478 e. The lowest BCUT2D eigenvalue weighted by atomic mass is 10.1. The molecule has 0 amide bonds. The lowest BCUT2D eigenvalue weighted by Gasteiger charge is -2.05. The molecule has 2 aromatic heterocycles. The van der Waals surface area contributed by atoms with Gasteiger partial charge in [-0.25, -0.2) is 9.59 Å². The number of H-pyrrole nitrogens is 1. The van der Waals surface area contributed by atoms with E-state index < -0.39 is 11.7 Å². The van der Waals surface area contributed by atoms with E-state index >= 15 is 0 Å². The second kappa shape index (κ2) is 4.34. The summed E-state index contributed by atoms with van der Waals surface area (Å²) in [5.74, 6) is -1.12. The van der Waals surface area contributed by atoms with Crippen LogP contribution in [0.3, 0.4) is 0 Å². The molecule has 2 N–H and O–H groups in total. The number of aromatic amines is 1. The summed E-state index contributed by atoms with van der Waals surface area (Å²) in [4.78, 5) is 30.0. The van der Waals surface area contributed by atoms with Gasteiger partial charge in [-0.15, -0.1) is 0 Å². The summed E-state index contributed by atoms with van der Waals surface area (Å²) in [5.41, 5.74) is 1.15. The van der Waals surface area contributed by atoms with Crippen molar-refractivity contribution in [2.24, 2.45) is 7.05 Å². The fourth-order valence-corrected chi connectivity index (χ4v) is 2.17. The number of carboxylic acids is 1. The molecule has 2 heterocycles. The molecule has 0 aliphatic carbocycles. The molecule has 0 saturated heterocycles. The number of para-hydroxylation sites is 1. The van der Waals surface area contributed by atoms with Gasteiger partial charge in [0, 0.05) is 35.9 Å². The fraction of sp³-hybridized carbons (Fsp3) is 0.0714. The van der Waals surface area contributed by atoms with Gasteiger partial charge < -0.3 is 14.7 Å². The third-order valence-corrected chi connectivity index (χ3v) is 3.16. The van der Waals surface area contributed by atoms with Crippen LogP contribution >= 0.6 is 0 Å². The van der Waals surface area contributed by atoms with Crippen LogP contribution in [-0.2, 0) is 7.05 Å². The molecule has 0 radical (unpaired) electrons. The molecule has 0 spiro atoms. The number of aromatic carboxylic acids is 1. The second-order valence-corrected chi connectivity index (χ2v) is 4.45. The van der Waals surface area contributed by atoms with Gasteiger partial charge >= 0.3 is 11.7 Å². The molecule has 0 bridgehead atoms. The van der Waals surface area contributed by atoms with Crippen LogP contribution in [0.15, 0.2) is 41.5 Å². The maximum Gasteiger partial charge on any atom is 0.347 e. The Bertz CT molecular complexity index is 877. The van der Waals surface area contributed by atoms with Crippen molar-refractivity contribution in [2.45, 2.75) is 0 Å². The normalized spacial score (nSPS) is 10.8. The van der Waals surface area contributed by atoms with Crippen LogP contribution in [0.4, 0.5) is 0 Å². The van der Waals surface area contributed by atoms with Crippen LogP contribution in [0.25, 0.3) is 22.2 Å². The van der Waals surface area contributed by atoms with E-state index in [-0.39, 0.29) is 11.3 Å². The van der Waals surface area contributed by atoms with Crippen molar-refractivity contribution >= 4 is 16.9 Å². The first-order valence-electron chi connectivity index (χ1n) is 5.95. The number of nitrogens with one attached hydrogen (secondary N) is 1. The SMILES string of the molecule is Cn1cc(C(=O)O)c(-c2c[nH]c3ccccc23)nc1=O. The monoisotopic (exact) mass is 269 g/mol. The Balaban J connectivity index is 2.37. The molecule has 0 saturated carbocycles. The van der Waals surface area contributed by atoms with Crippen LogP contribution < -0.4 is 5.69 Å². The molecule has 6 heteroatoms. The molecule has 100 valence electrons. The molecular weight excluding hydrogens is 258 g/mol. The highest BCUT2D eigenvalue weighted by Gasteiger charge is 2.18. The van der Waals surface area contributed by atoms with Gasteiger partial charge in [0.25, 0.3) is 0 Å². The molecule has 0 unspecified atom stereocenters. The van der Waals surface area contributed by atoms with Crippen LogP contribution in [-0.4, -0.2) is 25.6 Å². The fourth-order valence-electron chi connectivity index (χ4n) is 2.17. The number of fused-ring (bicyclic) bond motifs is 1. The summed E-state index contributed by atoms with van der Waals surface area (Å²) >= 11 is 0. The predicted molar refractivity (Wildman–Crippen MR) is 73.7 cm³/mol. The van der Waals surface area contributed by atoms with E-state index in [1.165, 1.54) is 13.2 Å². The quantitative estimate of drug-likeness (QED) is 0.740. The first kappa shape index (κ1) is 12.2. The second-order valence-electron chi connectivity index (χ2n) is 4.45. The summed E-state index contributed by atoms with van der Waals surface area (Å²) in [7, 11) is 1.47. The number of carbonyl (C=O) groups is 1. The maximum atomic E-state index is 11.7. The average Bonchev–Trinajstić information content (AvgIpc) is 2.85. The van der Waals surface area contributed by atoms with Gasteiger partial charge in [0.05, 0.1) is 5.69 Å². The molecule has 0 aliphatic rings. The van der Waals surface area contributed by atoms with E-state index in [1.807, 2.05) is 24.3 Å². The van der Waals surface area contributed by atoms with Gasteiger partial charge in [0.2, 0.25) is 0 Å². The number of aromatic nitrogens is 3. The summed E-state index contributed by atoms with van der Waals surface area (Å²) in [5, 5.41) is 10.1. The van der Waals surface area contributed by atoms with E-state index in [9.17, 15) is 14.7 Å². The Morgan fingerprint density at radius 1 is 1.35 bits per heavy atom. The topological polar surface area (TPSA) is 88.0 Å². The molecule has 1 aromatic carbocycles. The van der Waals surface area contributed by atoms with Crippen molar-refractivity contribution in [2.75, 3.05) is 0 Å². The third-order valence-electron chi connectivity index (χ3n) is 3.16. The number of carboxylic acid groups (broad SMARTS) is 1.